The molecule has 2 aliphatic carbocycles. The SMILES string of the molecule is CC1=NC2=C(C(=O)C[C@H](c3ccccc3)C2)[C@@H](c2ccc(OCc3ccccc3)cc2)C1C(=O)OC1CCCCC1. The Bertz CT molecular complexity index is 1440. The molecule has 0 amide bonds. The Labute approximate surface area is 242 Å². The summed E-state index contributed by atoms with van der Waals surface area (Å²) in [4.78, 5) is 32.6. The minimum atomic E-state index is -0.621. The van der Waals surface area contributed by atoms with Gasteiger partial charge in [0.15, 0.2) is 5.78 Å². The van der Waals surface area contributed by atoms with E-state index in [2.05, 4.69) is 12.1 Å². The maximum absolute atomic E-state index is 13.9. The number of carbonyl (C=O) groups is 2. The number of benzene rings is 3. The predicted octanol–water partition coefficient (Wildman–Crippen LogP) is 7.72. The average molecular weight is 548 g/mol. The minimum Gasteiger partial charge on any atom is -0.489 e. The normalized spacial score (nSPS) is 23.0. The Morgan fingerprint density at radius 3 is 2.22 bits per heavy atom. The van der Waals surface area contributed by atoms with Crippen LogP contribution in [-0.2, 0) is 20.9 Å². The molecule has 210 valence electrons. The molecule has 1 fully saturated rings. The van der Waals surface area contributed by atoms with Crippen molar-refractivity contribution in [2.45, 2.75) is 76.4 Å². The van der Waals surface area contributed by atoms with Crippen LogP contribution in [0.1, 0.15) is 80.4 Å². The number of ether oxygens (including phenoxy) is 2. The van der Waals surface area contributed by atoms with Crippen LogP contribution in [0, 0.1) is 5.92 Å². The summed E-state index contributed by atoms with van der Waals surface area (Å²) in [5, 5.41) is 0. The molecule has 0 N–H and O–H groups in total. The molecule has 0 saturated heterocycles. The fourth-order valence-corrected chi connectivity index (χ4v) is 6.62. The molecule has 3 aliphatic rings. The van der Waals surface area contributed by atoms with Crippen molar-refractivity contribution in [2.24, 2.45) is 10.9 Å². The second kappa shape index (κ2) is 12.3. The number of esters is 1. The monoisotopic (exact) mass is 547 g/mol. The van der Waals surface area contributed by atoms with Crippen molar-refractivity contribution in [1.29, 1.82) is 0 Å². The highest BCUT2D eigenvalue weighted by Crippen LogP contribution is 2.47. The second-order valence-corrected chi connectivity index (χ2v) is 11.5. The number of ketones is 1. The van der Waals surface area contributed by atoms with Crippen molar-refractivity contribution in [3.63, 3.8) is 0 Å². The molecule has 3 aromatic carbocycles. The summed E-state index contributed by atoms with van der Waals surface area (Å²) in [6.45, 7) is 2.39. The fourth-order valence-electron chi connectivity index (χ4n) is 6.62. The number of Topliss-reactive ketones (excluding diaryl/α,β-unsaturated/α-hetero) is 1. The van der Waals surface area contributed by atoms with Crippen LogP contribution < -0.4 is 4.74 Å². The first-order chi connectivity index (χ1) is 20.1. The molecule has 6 rings (SSSR count). The van der Waals surface area contributed by atoms with E-state index in [-0.39, 0.29) is 23.8 Å². The number of nitrogens with zero attached hydrogens (tertiary/aromatic N) is 1. The van der Waals surface area contributed by atoms with Gasteiger partial charge in [0, 0.05) is 29.3 Å². The average Bonchev–Trinajstić information content (AvgIpc) is 3.01. The van der Waals surface area contributed by atoms with Gasteiger partial charge in [-0.2, -0.15) is 0 Å². The summed E-state index contributed by atoms with van der Waals surface area (Å²) in [7, 11) is 0. The Hall–Kier alpha value is -3.99. The van der Waals surface area contributed by atoms with E-state index < -0.39 is 11.8 Å². The molecule has 0 aromatic heterocycles. The lowest BCUT2D eigenvalue weighted by Gasteiger charge is -2.37. The van der Waals surface area contributed by atoms with E-state index in [0.29, 0.717) is 25.0 Å². The molecule has 41 heavy (non-hydrogen) atoms. The Kier molecular flexibility index (Phi) is 8.13. The largest absolute Gasteiger partial charge is 0.489 e. The highest BCUT2D eigenvalue weighted by atomic mass is 16.5. The van der Waals surface area contributed by atoms with Gasteiger partial charge in [-0.25, -0.2) is 0 Å². The maximum Gasteiger partial charge on any atom is 0.315 e. The summed E-state index contributed by atoms with van der Waals surface area (Å²) in [6.07, 6.45) is 6.19. The Balaban J connectivity index is 1.31. The van der Waals surface area contributed by atoms with Crippen molar-refractivity contribution < 1.29 is 19.1 Å². The van der Waals surface area contributed by atoms with Gasteiger partial charge < -0.3 is 9.47 Å². The number of rotatable bonds is 7. The van der Waals surface area contributed by atoms with Crippen molar-refractivity contribution in [1.82, 2.24) is 0 Å². The molecule has 5 nitrogen and oxygen atoms in total. The zero-order chi connectivity index (χ0) is 28.2. The summed E-state index contributed by atoms with van der Waals surface area (Å²) < 4.78 is 12.1. The molecule has 0 radical (unpaired) electrons. The van der Waals surface area contributed by atoms with Crippen LogP contribution in [0.3, 0.4) is 0 Å². The molecule has 1 aliphatic heterocycles. The van der Waals surface area contributed by atoms with E-state index in [1.807, 2.05) is 79.7 Å². The summed E-state index contributed by atoms with van der Waals surface area (Å²) >= 11 is 0. The molecular weight excluding hydrogens is 510 g/mol. The molecule has 5 heteroatoms. The first kappa shape index (κ1) is 27.2. The van der Waals surface area contributed by atoms with E-state index in [0.717, 1.165) is 59.5 Å². The first-order valence-corrected chi connectivity index (χ1v) is 14.9. The lowest BCUT2D eigenvalue weighted by atomic mass is 9.69. The van der Waals surface area contributed by atoms with Gasteiger partial charge >= 0.3 is 5.97 Å². The molecule has 1 heterocycles. The van der Waals surface area contributed by atoms with Gasteiger partial charge in [0.25, 0.3) is 0 Å². The van der Waals surface area contributed by atoms with Crippen LogP contribution in [0.5, 0.6) is 5.75 Å². The van der Waals surface area contributed by atoms with Crippen LogP contribution >= 0.6 is 0 Å². The zero-order valence-corrected chi connectivity index (χ0v) is 23.6. The predicted molar refractivity (Wildman–Crippen MR) is 160 cm³/mol. The van der Waals surface area contributed by atoms with Crippen LogP contribution in [-0.4, -0.2) is 23.6 Å². The van der Waals surface area contributed by atoms with E-state index >= 15 is 0 Å². The third-order valence-corrected chi connectivity index (χ3v) is 8.74. The van der Waals surface area contributed by atoms with Gasteiger partial charge in [-0.1, -0.05) is 79.2 Å². The minimum absolute atomic E-state index is 0.0571. The number of aliphatic imine (C=N–C) groups is 1. The quantitative estimate of drug-likeness (QED) is 0.284. The number of carbonyl (C=O) groups excluding carboxylic acids is 2. The lowest BCUT2D eigenvalue weighted by molar-refractivity contribution is -0.153. The van der Waals surface area contributed by atoms with Crippen LogP contribution in [0.4, 0.5) is 0 Å². The van der Waals surface area contributed by atoms with E-state index in [1.165, 1.54) is 6.42 Å². The first-order valence-electron chi connectivity index (χ1n) is 14.9. The third kappa shape index (κ3) is 6.04. The smallest absolute Gasteiger partial charge is 0.315 e. The lowest BCUT2D eigenvalue weighted by Crippen LogP contribution is -2.39. The van der Waals surface area contributed by atoms with Crippen molar-refractivity contribution in [3.05, 3.63) is 113 Å². The molecule has 0 bridgehead atoms. The fraction of sp³-hybridized carbons (Fsp3) is 0.361. The van der Waals surface area contributed by atoms with E-state index in [1.54, 1.807) is 0 Å². The molecular formula is C36H37NO4. The summed E-state index contributed by atoms with van der Waals surface area (Å²) in [6, 6.07) is 28.1. The number of hydrogen-bond acceptors (Lipinski definition) is 5. The summed E-state index contributed by atoms with van der Waals surface area (Å²) in [5.41, 5.74) is 5.36. The van der Waals surface area contributed by atoms with Gasteiger partial charge in [0.2, 0.25) is 0 Å². The van der Waals surface area contributed by atoms with Crippen LogP contribution in [0.25, 0.3) is 0 Å². The summed E-state index contributed by atoms with van der Waals surface area (Å²) in [5.74, 6) is -0.416. The van der Waals surface area contributed by atoms with Crippen LogP contribution in [0.2, 0.25) is 0 Å². The second-order valence-electron chi connectivity index (χ2n) is 11.5. The van der Waals surface area contributed by atoms with Gasteiger partial charge in [0.05, 0.1) is 0 Å². The third-order valence-electron chi connectivity index (χ3n) is 8.74. The number of allylic oxidation sites excluding steroid dienone is 2. The van der Waals surface area contributed by atoms with Gasteiger partial charge in [-0.3, -0.25) is 14.6 Å². The molecule has 3 atom stereocenters. The van der Waals surface area contributed by atoms with Crippen molar-refractivity contribution in [2.75, 3.05) is 0 Å². The van der Waals surface area contributed by atoms with Gasteiger partial charge in [-0.15, -0.1) is 0 Å². The van der Waals surface area contributed by atoms with E-state index in [9.17, 15) is 9.59 Å². The molecule has 0 spiro atoms. The zero-order valence-electron chi connectivity index (χ0n) is 23.6. The molecule has 1 saturated carbocycles. The Morgan fingerprint density at radius 2 is 1.51 bits per heavy atom. The maximum atomic E-state index is 13.9. The van der Waals surface area contributed by atoms with Gasteiger partial charge in [-0.05, 0) is 73.8 Å². The highest BCUT2D eigenvalue weighted by molar-refractivity contribution is 6.09. The standard InChI is InChI=1S/C36H37NO4/c1-24-33(36(39)41-30-15-9-4-10-16-30)34(27-17-19-29(20-18-27)40-23-25-11-5-2-6-12-25)35-31(37-24)21-28(22-32(35)38)26-13-7-3-8-14-26/h2-3,5-8,11-14,17-20,28,30,33-34H,4,9-10,15-16,21-23H2,1H3/t28-,33?,34+/m1/s1. The van der Waals surface area contributed by atoms with Crippen LogP contribution in [0.15, 0.2) is 101 Å². The molecule has 3 aromatic rings. The van der Waals surface area contributed by atoms with Crippen molar-refractivity contribution >= 4 is 17.5 Å². The molecule has 1 unspecified atom stereocenters. The van der Waals surface area contributed by atoms with Crippen molar-refractivity contribution in [3.8, 4) is 5.75 Å². The Morgan fingerprint density at radius 1 is 0.829 bits per heavy atom. The topological polar surface area (TPSA) is 65.0 Å². The highest BCUT2D eigenvalue weighted by Gasteiger charge is 2.45. The van der Waals surface area contributed by atoms with Gasteiger partial charge in [0.1, 0.15) is 24.4 Å². The number of hydrogen-bond donors (Lipinski definition) is 0. The van der Waals surface area contributed by atoms with E-state index in [4.69, 9.17) is 14.5 Å².